The summed E-state index contributed by atoms with van der Waals surface area (Å²) in [5.74, 6) is 0.203. The average Bonchev–Trinajstić information content (AvgIpc) is 2.17. The molecule has 0 aromatic rings. The predicted octanol–water partition coefficient (Wildman–Crippen LogP) is 1.63. The fourth-order valence-corrected chi connectivity index (χ4v) is 3.55. The van der Waals surface area contributed by atoms with Crippen molar-refractivity contribution in [1.82, 2.24) is 4.90 Å². The van der Waals surface area contributed by atoms with Gasteiger partial charge in [-0.15, -0.1) is 0 Å². The molecule has 3 nitrogen and oxygen atoms in total. The highest BCUT2D eigenvalue weighted by atomic mass is 32.2. The van der Waals surface area contributed by atoms with Gasteiger partial charge in [-0.2, -0.15) is 0 Å². The van der Waals surface area contributed by atoms with Gasteiger partial charge in [-0.3, -0.25) is 0 Å². The Morgan fingerprint density at radius 2 is 2.00 bits per heavy atom. The largest absolute Gasteiger partial charge is 0.306 e. The summed E-state index contributed by atoms with van der Waals surface area (Å²) in [5, 5.41) is 0. The van der Waals surface area contributed by atoms with Gasteiger partial charge in [-0.1, -0.05) is 24.3 Å². The smallest absolute Gasteiger partial charge is 0.161 e. The summed E-state index contributed by atoms with van der Waals surface area (Å²) in [7, 11) is 0.697. The Hall–Kier alpha value is -0.610. The van der Waals surface area contributed by atoms with Crippen molar-refractivity contribution in [2.75, 3.05) is 19.8 Å². The summed E-state index contributed by atoms with van der Waals surface area (Å²) in [6.45, 7) is 3.73. The Balaban J connectivity index is 2.86. The Kier molecular flexibility index (Phi) is 3.97. The predicted molar refractivity (Wildman–Crippen MR) is 68.2 cm³/mol. The fourth-order valence-electron chi connectivity index (χ4n) is 1.60. The maximum Gasteiger partial charge on any atom is 0.161 e. The highest BCUT2D eigenvalue weighted by Crippen LogP contribution is 2.28. The maximum absolute atomic E-state index is 12.3. The van der Waals surface area contributed by atoms with Crippen LogP contribution in [0.25, 0.3) is 0 Å². The molecule has 1 rings (SSSR count). The van der Waals surface area contributed by atoms with E-state index in [2.05, 4.69) is 0 Å². The Morgan fingerprint density at radius 1 is 1.38 bits per heavy atom. The summed E-state index contributed by atoms with van der Waals surface area (Å²) >= 11 is 0. The Bertz CT molecular complexity index is 395. The highest BCUT2D eigenvalue weighted by Gasteiger charge is 2.37. The first kappa shape index (κ1) is 13.5. The molecule has 92 valence electrons. The van der Waals surface area contributed by atoms with E-state index in [1.54, 1.807) is 13.0 Å². The second-order valence-electron chi connectivity index (χ2n) is 4.90. The maximum atomic E-state index is 12.3. The van der Waals surface area contributed by atoms with Gasteiger partial charge in [-0.25, -0.2) is 8.42 Å². The van der Waals surface area contributed by atoms with Crippen molar-refractivity contribution >= 4 is 9.84 Å². The lowest BCUT2D eigenvalue weighted by Crippen LogP contribution is -2.42. The van der Waals surface area contributed by atoms with Gasteiger partial charge in [0, 0.05) is 6.04 Å². The first-order valence-electron chi connectivity index (χ1n) is 5.51. The van der Waals surface area contributed by atoms with E-state index in [1.165, 1.54) is 0 Å². The highest BCUT2D eigenvalue weighted by molar-refractivity contribution is 7.93. The van der Waals surface area contributed by atoms with Gasteiger partial charge in [0.15, 0.2) is 9.84 Å². The Labute approximate surface area is 98.8 Å². The van der Waals surface area contributed by atoms with Gasteiger partial charge in [0.25, 0.3) is 0 Å². The van der Waals surface area contributed by atoms with Crippen LogP contribution in [-0.2, 0) is 9.84 Å². The zero-order valence-corrected chi connectivity index (χ0v) is 11.3. The molecule has 0 aliphatic heterocycles. The van der Waals surface area contributed by atoms with E-state index in [0.717, 1.165) is 0 Å². The molecule has 0 fully saturated rings. The lowest BCUT2D eigenvalue weighted by atomic mass is 10.0. The van der Waals surface area contributed by atoms with Crippen LogP contribution in [0.3, 0.4) is 0 Å². The molecule has 4 heteroatoms. The molecule has 16 heavy (non-hydrogen) atoms. The van der Waals surface area contributed by atoms with Gasteiger partial charge in [0.05, 0.1) is 10.5 Å². The van der Waals surface area contributed by atoms with Crippen LogP contribution >= 0.6 is 0 Å². The molecule has 0 saturated carbocycles. The van der Waals surface area contributed by atoms with Crippen molar-refractivity contribution in [2.45, 2.75) is 31.1 Å². The van der Waals surface area contributed by atoms with E-state index in [1.807, 2.05) is 44.1 Å². The standard InChI is InChI=1S/C12H21NO2S/c1-11(13(3)4)10-16(14,15)12(2)8-6-5-7-9-12/h5-8,11H,9-10H2,1-4H3/t11-,12?/m0/s1. The van der Waals surface area contributed by atoms with E-state index in [9.17, 15) is 8.42 Å². The third-order valence-electron chi connectivity index (χ3n) is 3.27. The van der Waals surface area contributed by atoms with Crippen LogP contribution in [-0.4, -0.2) is 44.0 Å². The lowest BCUT2D eigenvalue weighted by Gasteiger charge is -2.29. The SMILES string of the molecule is C[C@@H](CS(=O)(=O)C1(C)C=CC=CC1)N(C)C. The van der Waals surface area contributed by atoms with Crippen molar-refractivity contribution in [1.29, 1.82) is 0 Å². The molecule has 0 spiro atoms. The molecule has 0 radical (unpaired) electrons. The van der Waals surface area contributed by atoms with Crippen LogP contribution in [0.15, 0.2) is 24.3 Å². The summed E-state index contributed by atoms with van der Waals surface area (Å²) in [6, 6.07) is 0.0427. The molecule has 2 atom stereocenters. The number of hydrogen-bond donors (Lipinski definition) is 0. The van der Waals surface area contributed by atoms with E-state index < -0.39 is 14.6 Å². The van der Waals surface area contributed by atoms with Crippen LogP contribution in [0.5, 0.6) is 0 Å². The van der Waals surface area contributed by atoms with Crippen LogP contribution < -0.4 is 0 Å². The summed E-state index contributed by atoms with van der Waals surface area (Å²) < 4.78 is 23.9. The Morgan fingerprint density at radius 3 is 2.44 bits per heavy atom. The van der Waals surface area contributed by atoms with Gasteiger partial charge < -0.3 is 4.90 Å². The van der Waals surface area contributed by atoms with Crippen molar-refractivity contribution in [3.63, 3.8) is 0 Å². The number of rotatable bonds is 4. The molecule has 0 heterocycles. The number of sulfone groups is 1. The zero-order valence-electron chi connectivity index (χ0n) is 10.5. The summed E-state index contributed by atoms with van der Waals surface area (Å²) in [4.78, 5) is 1.93. The lowest BCUT2D eigenvalue weighted by molar-refractivity contribution is 0.335. The van der Waals surface area contributed by atoms with Crippen LogP contribution in [0.1, 0.15) is 20.3 Å². The molecule has 1 unspecified atom stereocenters. The van der Waals surface area contributed by atoms with Gasteiger partial charge >= 0.3 is 0 Å². The minimum absolute atomic E-state index is 0.0427. The molecular formula is C12H21NO2S. The van der Waals surface area contributed by atoms with Crippen molar-refractivity contribution in [3.8, 4) is 0 Å². The minimum Gasteiger partial charge on any atom is -0.306 e. The first-order chi connectivity index (χ1) is 7.28. The van der Waals surface area contributed by atoms with Crippen LogP contribution in [0, 0.1) is 0 Å². The molecule has 0 N–H and O–H groups in total. The zero-order chi connectivity index (χ0) is 12.4. The van der Waals surface area contributed by atoms with Crippen LogP contribution in [0.2, 0.25) is 0 Å². The van der Waals surface area contributed by atoms with Crippen molar-refractivity contribution in [2.24, 2.45) is 0 Å². The molecule has 0 amide bonds. The topological polar surface area (TPSA) is 37.4 Å². The molecule has 1 aliphatic carbocycles. The second-order valence-corrected chi connectivity index (χ2v) is 7.39. The van der Waals surface area contributed by atoms with E-state index in [0.29, 0.717) is 6.42 Å². The third kappa shape index (κ3) is 2.74. The van der Waals surface area contributed by atoms with E-state index in [-0.39, 0.29) is 11.8 Å². The monoisotopic (exact) mass is 243 g/mol. The molecule has 0 aromatic heterocycles. The molecule has 0 bridgehead atoms. The van der Waals surface area contributed by atoms with Crippen molar-refractivity contribution < 1.29 is 8.42 Å². The summed E-state index contributed by atoms with van der Waals surface area (Å²) in [5.41, 5.74) is 0. The van der Waals surface area contributed by atoms with Gasteiger partial charge in [0.1, 0.15) is 0 Å². The molecule has 0 saturated heterocycles. The van der Waals surface area contributed by atoms with E-state index >= 15 is 0 Å². The van der Waals surface area contributed by atoms with Gasteiger partial charge in [-0.05, 0) is 34.4 Å². The minimum atomic E-state index is -3.11. The van der Waals surface area contributed by atoms with Crippen molar-refractivity contribution in [3.05, 3.63) is 24.3 Å². The first-order valence-corrected chi connectivity index (χ1v) is 7.17. The molecule has 0 aromatic carbocycles. The summed E-state index contributed by atoms with van der Waals surface area (Å²) in [6.07, 6.45) is 8.00. The quantitative estimate of drug-likeness (QED) is 0.753. The number of nitrogens with zero attached hydrogens (tertiary/aromatic N) is 1. The number of hydrogen-bond acceptors (Lipinski definition) is 3. The normalized spacial score (nSPS) is 27.3. The number of allylic oxidation sites excluding steroid dienone is 3. The third-order valence-corrected chi connectivity index (χ3v) is 5.92. The average molecular weight is 243 g/mol. The van der Waals surface area contributed by atoms with Crippen LogP contribution in [0.4, 0.5) is 0 Å². The second kappa shape index (κ2) is 4.72. The van der Waals surface area contributed by atoms with Gasteiger partial charge in [0.2, 0.25) is 0 Å². The molecule has 1 aliphatic rings. The fraction of sp³-hybridized carbons (Fsp3) is 0.667. The molecular weight excluding hydrogens is 222 g/mol. The van der Waals surface area contributed by atoms with E-state index in [4.69, 9.17) is 0 Å².